The second-order valence-electron chi connectivity index (χ2n) is 8.02. The van der Waals surface area contributed by atoms with Crippen LogP contribution in [-0.4, -0.2) is 74.1 Å². The Balaban J connectivity index is 1.85. The van der Waals surface area contributed by atoms with E-state index in [0.29, 0.717) is 23.7 Å². The van der Waals surface area contributed by atoms with Crippen molar-refractivity contribution in [3.63, 3.8) is 0 Å². The first-order valence-electron chi connectivity index (χ1n) is 10.3. The van der Waals surface area contributed by atoms with Crippen LogP contribution < -0.4 is 0 Å². The van der Waals surface area contributed by atoms with E-state index < -0.39 is 11.3 Å². The molecule has 164 valence electrons. The van der Waals surface area contributed by atoms with Gasteiger partial charge in [0, 0.05) is 45.2 Å². The maximum atomic E-state index is 13.4. The molecule has 0 radical (unpaired) electrons. The molecule has 30 heavy (non-hydrogen) atoms. The second-order valence-corrected chi connectivity index (χ2v) is 8.43. The van der Waals surface area contributed by atoms with E-state index in [-0.39, 0.29) is 43.9 Å². The average molecular weight is 437 g/mol. The molecule has 3 rings (SSSR count). The number of hydrogen-bond acceptors (Lipinski definition) is 5. The fourth-order valence-corrected chi connectivity index (χ4v) is 4.57. The van der Waals surface area contributed by atoms with Crippen LogP contribution in [0.2, 0.25) is 5.02 Å². The van der Waals surface area contributed by atoms with Crippen LogP contribution in [0.4, 0.5) is 0 Å². The fourth-order valence-electron chi connectivity index (χ4n) is 4.25. The second kappa shape index (κ2) is 9.90. The smallest absolute Gasteiger partial charge is 0.241 e. The van der Waals surface area contributed by atoms with Gasteiger partial charge >= 0.3 is 0 Å². The van der Waals surface area contributed by atoms with Crippen molar-refractivity contribution in [2.75, 3.05) is 40.5 Å². The van der Waals surface area contributed by atoms with E-state index in [1.165, 1.54) is 12.0 Å². The van der Waals surface area contributed by atoms with Crippen molar-refractivity contribution in [3.8, 4) is 0 Å². The van der Waals surface area contributed by atoms with Crippen molar-refractivity contribution < 1.29 is 23.9 Å². The Bertz CT molecular complexity index is 795. The van der Waals surface area contributed by atoms with Gasteiger partial charge in [-0.3, -0.25) is 19.3 Å². The normalized spacial score (nSPS) is 24.4. The number of carbonyl (C=O) groups excluding carboxylic acids is 3. The molecule has 7 nitrogen and oxygen atoms in total. The lowest BCUT2D eigenvalue weighted by Crippen LogP contribution is -2.45. The molecule has 1 aromatic rings. The Morgan fingerprint density at radius 1 is 1.33 bits per heavy atom. The highest BCUT2D eigenvalue weighted by Gasteiger charge is 2.54. The van der Waals surface area contributed by atoms with E-state index in [0.717, 1.165) is 19.3 Å². The number of amides is 3. The Labute approximate surface area is 182 Å². The van der Waals surface area contributed by atoms with E-state index >= 15 is 0 Å². The lowest BCUT2D eigenvalue weighted by molar-refractivity contribution is -0.143. The summed E-state index contributed by atoms with van der Waals surface area (Å²) in [6.07, 6.45) is 2.83. The van der Waals surface area contributed by atoms with E-state index in [1.54, 1.807) is 36.2 Å². The SMILES string of the molecule is COCCN1C(=O)C[C@@](CC(=O)N(C)C[C@H]2CCCCO2)(c2ccccc2Cl)C1=O. The highest BCUT2D eigenvalue weighted by Crippen LogP contribution is 2.43. The Hall–Kier alpha value is -1.96. The molecule has 0 N–H and O–H groups in total. The first-order valence-corrected chi connectivity index (χ1v) is 10.7. The molecule has 8 heteroatoms. The predicted molar refractivity (Wildman–Crippen MR) is 112 cm³/mol. The number of likely N-dealkylation sites (tertiary alicyclic amines) is 1. The Morgan fingerprint density at radius 2 is 2.10 bits per heavy atom. The number of likely N-dealkylation sites (N-methyl/N-ethyl adjacent to an activating group) is 1. The molecule has 0 unspecified atom stereocenters. The summed E-state index contributed by atoms with van der Waals surface area (Å²) < 4.78 is 10.8. The van der Waals surface area contributed by atoms with Crippen molar-refractivity contribution in [2.24, 2.45) is 0 Å². The monoisotopic (exact) mass is 436 g/mol. The van der Waals surface area contributed by atoms with E-state index in [1.807, 2.05) is 0 Å². The molecule has 0 aromatic heterocycles. The molecular formula is C22H29ClN2O5. The lowest BCUT2D eigenvalue weighted by Gasteiger charge is -2.32. The number of rotatable bonds is 8. The Morgan fingerprint density at radius 3 is 2.77 bits per heavy atom. The number of ether oxygens (including phenoxy) is 2. The molecule has 1 aromatic carbocycles. The summed E-state index contributed by atoms with van der Waals surface area (Å²) in [5.74, 6) is -0.921. The lowest BCUT2D eigenvalue weighted by atomic mass is 9.75. The molecular weight excluding hydrogens is 408 g/mol. The third-order valence-electron chi connectivity index (χ3n) is 5.95. The minimum Gasteiger partial charge on any atom is -0.383 e. The van der Waals surface area contributed by atoms with Gasteiger partial charge in [0.15, 0.2) is 0 Å². The maximum absolute atomic E-state index is 13.4. The topological polar surface area (TPSA) is 76.2 Å². The van der Waals surface area contributed by atoms with Gasteiger partial charge in [-0.25, -0.2) is 0 Å². The third-order valence-corrected chi connectivity index (χ3v) is 6.28. The number of imide groups is 1. The zero-order valence-electron chi connectivity index (χ0n) is 17.6. The molecule has 2 aliphatic rings. The first kappa shape index (κ1) is 22.7. The highest BCUT2D eigenvalue weighted by molar-refractivity contribution is 6.32. The van der Waals surface area contributed by atoms with Gasteiger partial charge in [-0.05, 0) is 30.9 Å². The summed E-state index contributed by atoms with van der Waals surface area (Å²) in [5.41, 5.74) is -0.789. The molecule has 2 saturated heterocycles. The Kier molecular flexibility index (Phi) is 7.50. The van der Waals surface area contributed by atoms with Crippen molar-refractivity contribution in [1.82, 2.24) is 9.80 Å². The van der Waals surface area contributed by atoms with E-state index in [2.05, 4.69) is 0 Å². The zero-order chi connectivity index (χ0) is 21.7. The standard InChI is InChI=1S/C22H29ClN2O5/c1-24(15-16-7-5-6-11-30-16)19(26)13-22(17-8-3-4-9-18(17)23)14-20(27)25(21(22)28)10-12-29-2/h3-4,8-9,16H,5-7,10-15H2,1-2H3/t16-,22+/m1/s1. The van der Waals surface area contributed by atoms with Gasteiger partial charge in [0.1, 0.15) is 0 Å². The minimum atomic E-state index is -1.30. The van der Waals surface area contributed by atoms with Crippen LogP contribution in [0.3, 0.4) is 0 Å². The van der Waals surface area contributed by atoms with Crippen LogP contribution in [0.25, 0.3) is 0 Å². The summed E-state index contributed by atoms with van der Waals surface area (Å²) in [6.45, 7) is 1.56. The van der Waals surface area contributed by atoms with Gasteiger partial charge in [0.25, 0.3) is 0 Å². The first-order chi connectivity index (χ1) is 14.4. The van der Waals surface area contributed by atoms with E-state index in [9.17, 15) is 14.4 Å². The minimum absolute atomic E-state index is 0.00285. The molecule has 2 heterocycles. The molecule has 0 saturated carbocycles. The summed E-state index contributed by atoms with van der Waals surface area (Å²) in [7, 11) is 3.22. The molecule has 2 fully saturated rings. The number of carbonyl (C=O) groups is 3. The number of nitrogens with zero attached hydrogens (tertiary/aromatic N) is 2. The third kappa shape index (κ3) is 4.68. The van der Waals surface area contributed by atoms with E-state index in [4.69, 9.17) is 21.1 Å². The molecule has 0 spiro atoms. The number of benzene rings is 1. The van der Waals surface area contributed by atoms with Crippen molar-refractivity contribution in [3.05, 3.63) is 34.9 Å². The van der Waals surface area contributed by atoms with Crippen LogP contribution in [0.5, 0.6) is 0 Å². The maximum Gasteiger partial charge on any atom is 0.241 e. The van der Waals surface area contributed by atoms with Crippen LogP contribution >= 0.6 is 11.6 Å². The molecule has 3 amide bonds. The van der Waals surface area contributed by atoms with Crippen LogP contribution in [0, 0.1) is 0 Å². The predicted octanol–water partition coefficient (Wildman–Crippen LogP) is 2.40. The summed E-state index contributed by atoms with van der Waals surface area (Å²) in [4.78, 5) is 42.1. The van der Waals surface area contributed by atoms with Crippen LogP contribution in [-0.2, 0) is 29.3 Å². The highest BCUT2D eigenvalue weighted by atomic mass is 35.5. The molecule has 2 atom stereocenters. The molecule has 0 aliphatic carbocycles. The molecule has 2 aliphatic heterocycles. The van der Waals surface area contributed by atoms with Crippen molar-refractivity contribution in [1.29, 1.82) is 0 Å². The van der Waals surface area contributed by atoms with Gasteiger partial charge < -0.3 is 14.4 Å². The summed E-state index contributed by atoms with van der Waals surface area (Å²) >= 11 is 6.43. The fraction of sp³-hybridized carbons (Fsp3) is 0.591. The molecule has 0 bridgehead atoms. The van der Waals surface area contributed by atoms with Crippen LogP contribution in [0.1, 0.15) is 37.7 Å². The summed E-state index contributed by atoms with van der Waals surface area (Å²) in [6, 6.07) is 6.93. The van der Waals surface area contributed by atoms with Gasteiger partial charge in [-0.2, -0.15) is 0 Å². The van der Waals surface area contributed by atoms with Crippen molar-refractivity contribution >= 4 is 29.3 Å². The van der Waals surface area contributed by atoms with Gasteiger partial charge in [-0.1, -0.05) is 29.8 Å². The number of halogens is 1. The van der Waals surface area contributed by atoms with Gasteiger partial charge in [0.05, 0.1) is 24.7 Å². The van der Waals surface area contributed by atoms with Gasteiger partial charge in [0.2, 0.25) is 17.7 Å². The quantitative estimate of drug-likeness (QED) is 0.585. The largest absolute Gasteiger partial charge is 0.383 e. The van der Waals surface area contributed by atoms with Crippen LogP contribution in [0.15, 0.2) is 24.3 Å². The van der Waals surface area contributed by atoms with Crippen molar-refractivity contribution in [2.45, 2.75) is 43.6 Å². The zero-order valence-corrected chi connectivity index (χ0v) is 18.3. The number of methoxy groups -OCH3 is 1. The van der Waals surface area contributed by atoms with Gasteiger partial charge in [-0.15, -0.1) is 0 Å². The average Bonchev–Trinajstić information content (AvgIpc) is 2.97. The number of hydrogen-bond donors (Lipinski definition) is 0. The summed E-state index contributed by atoms with van der Waals surface area (Å²) in [5, 5.41) is 0.373.